The van der Waals surface area contributed by atoms with Gasteiger partial charge in [-0.25, -0.2) is 0 Å². The van der Waals surface area contributed by atoms with Gasteiger partial charge in [0.05, 0.1) is 25.3 Å². The molecule has 0 aliphatic rings. The van der Waals surface area contributed by atoms with Gasteiger partial charge in [-0.1, -0.05) is 30.3 Å². The van der Waals surface area contributed by atoms with Crippen LogP contribution >= 0.6 is 0 Å². The summed E-state index contributed by atoms with van der Waals surface area (Å²) in [6, 6.07) is 11.6. The van der Waals surface area contributed by atoms with Crippen LogP contribution in [0.15, 0.2) is 47.1 Å². The first-order valence-corrected chi connectivity index (χ1v) is 6.85. The maximum Gasteiger partial charge on any atom is 0.256 e. The van der Waals surface area contributed by atoms with Gasteiger partial charge in [0.2, 0.25) is 0 Å². The van der Waals surface area contributed by atoms with Crippen molar-refractivity contribution in [3.05, 3.63) is 59.5 Å². The summed E-state index contributed by atoms with van der Waals surface area (Å²) in [5.41, 5.74) is 7.09. The summed E-state index contributed by atoms with van der Waals surface area (Å²) >= 11 is 0. The molecule has 21 heavy (non-hydrogen) atoms. The van der Waals surface area contributed by atoms with Gasteiger partial charge in [0.25, 0.3) is 5.91 Å². The van der Waals surface area contributed by atoms with Crippen molar-refractivity contribution in [3.63, 3.8) is 0 Å². The molecule has 1 heterocycles. The first-order chi connectivity index (χ1) is 10.2. The molecule has 112 valence electrons. The molecular weight excluding hydrogens is 268 g/mol. The molecule has 5 heteroatoms. The van der Waals surface area contributed by atoms with Crippen LogP contribution in [0.3, 0.4) is 0 Å². The van der Waals surface area contributed by atoms with Gasteiger partial charge in [-0.05, 0) is 11.6 Å². The van der Waals surface area contributed by atoms with Gasteiger partial charge in [-0.3, -0.25) is 4.79 Å². The Balaban J connectivity index is 1.74. The second-order valence-corrected chi connectivity index (χ2v) is 4.77. The molecule has 0 atom stereocenters. The SMILES string of the molecule is CN(CCOCc1ccccc1)C(=O)c1coc(CN)c1. The number of likely N-dealkylation sites (N-methyl/N-ethyl adjacent to an activating group) is 1. The van der Waals surface area contributed by atoms with Crippen molar-refractivity contribution < 1.29 is 13.9 Å². The van der Waals surface area contributed by atoms with E-state index in [-0.39, 0.29) is 12.5 Å². The Bertz CT molecular complexity index is 566. The maximum absolute atomic E-state index is 12.1. The average Bonchev–Trinajstić information content (AvgIpc) is 3.00. The lowest BCUT2D eigenvalue weighted by Gasteiger charge is -2.16. The number of nitrogens with two attached hydrogens (primary N) is 1. The van der Waals surface area contributed by atoms with E-state index >= 15 is 0 Å². The van der Waals surface area contributed by atoms with E-state index in [1.54, 1.807) is 18.0 Å². The van der Waals surface area contributed by atoms with E-state index in [0.717, 1.165) is 5.56 Å². The van der Waals surface area contributed by atoms with Crippen LogP contribution in [0.25, 0.3) is 0 Å². The van der Waals surface area contributed by atoms with Gasteiger partial charge >= 0.3 is 0 Å². The third-order valence-electron chi connectivity index (χ3n) is 3.13. The number of nitrogens with zero attached hydrogens (tertiary/aromatic N) is 1. The van der Waals surface area contributed by atoms with E-state index in [9.17, 15) is 4.79 Å². The molecule has 0 saturated carbocycles. The van der Waals surface area contributed by atoms with Crippen molar-refractivity contribution in [2.75, 3.05) is 20.2 Å². The second-order valence-electron chi connectivity index (χ2n) is 4.77. The van der Waals surface area contributed by atoms with Crippen LogP contribution in [0.5, 0.6) is 0 Å². The Labute approximate surface area is 124 Å². The van der Waals surface area contributed by atoms with Crippen molar-refractivity contribution in [3.8, 4) is 0 Å². The molecule has 0 bridgehead atoms. The number of hydrogen-bond acceptors (Lipinski definition) is 4. The van der Waals surface area contributed by atoms with Crippen molar-refractivity contribution in [1.29, 1.82) is 0 Å². The smallest absolute Gasteiger partial charge is 0.256 e. The van der Waals surface area contributed by atoms with E-state index in [2.05, 4.69) is 0 Å². The molecule has 0 fully saturated rings. The lowest BCUT2D eigenvalue weighted by Crippen LogP contribution is -2.29. The van der Waals surface area contributed by atoms with Crippen LogP contribution in [-0.4, -0.2) is 31.0 Å². The molecule has 5 nitrogen and oxygen atoms in total. The monoisotopic (exact) mass is 288 g/mol. The highest BCUT2D eigenvalue weighted by Crippen LogP contribution is 2.09. The van der Waals surface area contributed by atoms with Gasteiger partial charge in [0.15, 0.2) is 0 Å². The molecule has 0 unspecified atom stereocenters. The Morgan fingerprint density at radius 3 is 2.76 bits per heavy atom. The summed E-state index contributed by atoms with van der Waals surface area (Å²) in [5, 5.41) is 0. The van der Waals surface area contributed by atoms with Crippen LogP contribution in [0, 0.1) is 0 Å². The lowest BCUT2D eigenvalue weighted by atomic mass is 10.2. The van der Waals surface area contributed by atoms with Gasteiger partial charge in [0, 0.05) is 13.6 Å². The van der Waals surface area contributed by atoms with Crippen molar-refractivity contribution >= 4 is 5.91 Å². The third kappa shape index (κ3) is 4.44. The quantitative estimate of drug-likeness (QED) is 0.791. The zero-order valence-electron chi connectivity index (χ0n) is 12.1. The Hall–Kier alpha value is -2.11. The minimum atomic E-state index is -0.0956. The molecule has 1 amide bonds. The molecule has 1 aromatic carbocycles. The number of amides is 1. The molecule has 0 aliphatic heterocycles. The normalized spacial score (nSPS) is 10.6. The summed E-state index contributed by atoms with van der Waals surface area (Å²) in [6.45, 7) is 1.84. The highest BCUT2D eigenvalue weighted by atomic mass is 16.5. The number of carbonyl (C=O) groups excluding carboxylic acids is 1. The minimum absolute atomic E-state index is 0.0956. The van der Waals surface area contributed by atoms with E-state index in [1.165, 1.54) is 6.26 Å². The van der Waals surface area contributed by atoms with Crippen molar-refractivity contribution in [2.45, 2.75) is 13.2 Å². The molecule has 2 aromatic rings. The molecule has 2 rings (SSSR count). The largest absolute Gasteiger partial charge is 0.467 e. The standard InChI is InChI=1S/C16H20N2O3/c1-18(16(19)14-9-15(10-17)21-12-14)7-8-20-11-13-5-3-2-4-6-13/h2-6,9,12H,7-8,10-11,17H2,1H3. The van der Waals surface area contributed by atoms with Crippen LogP contribution < -0.4 is 5.73 Å². The first kappa shape index (κ1) is 15.3. The summed E-state index contributed by atoms with van der Waals surface area (Å²) < 4.78 is 10.7. The molecule has 2 N–H and O–H groups in total. The van der Waals surface area contributed by atoms with Gasteiger partial charge in [-0.2, -0.15) is 0 Å². The summed E-state index contributed by atoms with van der Waals surface area (Å²) in [7, 11) is 1.74. The highest BCUT2D eigenvalue weighted by Gasteiger charge is 2.14. The first-order valence-electron chi connectivity index (χ1n) is 6.85. The summed E-state index contributed by atoms with van der Waals surface area (Å²) in [5.74, 6) is 0.508. The van der Waals surface area contributed by atoms with Crippen molar-refractivity contribution in [1.82, 2.24) is 4.90 Å². The molecule has 0 radical (unpaired) electrons. The Kier molecular flexibility index (Phi) is 5.54. The third-order valence-corrected chi connectivity index (χ3v) is 3.13. The number of benzene rings is 1. The number of ether oxygens (including phenoxy) is 1. The van der Waals surface area contributed by atoms with E-state index in [1.807, 2.05) is 30.3 Å². The number of furan rings is 1. The molecule has 0 aliphatic carbocycles. The summed E-state index contributed by atoms with van der Waals surface area (Å²) in [4.78, 5) is 13.7. The van der Waals surface area contributed by atoms with Gasteiger partial charge in [-0.15, -0.1) is 0 Å². The number of rotatable bonds is 7. The molecule has 1 aromatic heterocycles. The fourth-order valence-corrected chi connectivity index (χ4v) is 1.89. The van der Waals surface area contributed by atoms with E-state index in [4.69, 9.17) is 14.9 Å². The van der Waals surface area contributed by atoms with Gasteiger partial charge < -0.3 is 19.8 Å². The maximum atomic E-state index is 12.1. The molecular formula is C16H20N2O3. The zero-order chi connectivity index (χ0) is 15.1. The fraction of sp³-hybridized carbons (Fsp3) is 0.312. The fourth-order valence-electron chi connectivity index (χ4n) is 1.89. The molecule has 0 spiro atoms. The second kappa shape index (κ2) is 7.61. The van der Waals surface area contributed by atoms with Crippen LogP contribution in [-0.2, 0) is 17.9 Å². The lowest BCUT2D eigenvalue weighted by molar-refractivity contribution is 0.0670. The van der Waals surface area contributed by atoms with Crippen molar-refractivity contribution in [2.24, 2.45) is 5.73 Å². The van der Waals surface area contributed by atoms with Crippen LogP contribution in [0.2, 0.25) is 0 Å². The molecule has 0 saturated heterocycles. The van der Waals surface area contributed by atoms with E-state index in [0.29, 0.717) is 31.1 Å². The topological polar surface area (TPSA) is 68.7 Å². The van der Waals surface area contributed by atoms with E-state index < -0.39 is 0 Å². The number of hydrogen-bond donors (Lipinski definition) is 1. The highest BCUT2D eigenvalue weighted by molar-refractivity contribution is 5.93. The summed E-state index contributed by atoms with van der Waals surface area (Å²) in [6.07, 6.45) is 1.44. The zero-order valence-corrected chi connectivity index (χ0v) is 12.1. The predicted molar refractivity (Wildman–Crippen MR) is 79.7 cm³/mol. The Morgan fingerprint density at radius 1 is 1.33 bits per heavy atom. The Morgan fingerprint density at radius 2 is 2.10 bits per heavy atom. The number of carbonyl (C=O) groups is 1. The van der Waals surface area contributed by atoms with Crippen LogP contribution in [0.4, 0.5) is 0 Å². The minimum Gasteiger partial charge on any atom is -0.467 e. The predicted octanol–water partition coefficient (Wildman–Crippen LogP) is 2.03. The average molecular weight is 288 g/mol. The van der Waals surface area contributed by atoms with Gasteiger partial charge in [0.1, 0.15) is 12.0 Å². The van der Waals surface area contributed by atoms with Crippen LogP contribution in [0.1, 0.15) is 21.7 Å².